The molecule has 1 aromatic carbocycles. The van der Waals surface area contributed by atoms with Gasteiger partial charge in [-0.1, -0.05) is 36.9 Å². The van der Waals surface area contributed by atoms with Crippen LogP contribution >= 0.6 is 0 Å². The minimum Gasteiger partial charge on any atom is -0.323 e. The molecule has 66 valence electrons. The van der Waals surface area contributed by atoms with Crippen molar-refractivity contribution in [3.05, 3.63) is 55.1 Å². The Morgan fingerprint density at radius 3 is 2.62 bits per heavy atom. The topological polar surface area (TPSA) is 29.1 Å². The van der Waals surface area contributed by atoms with E-state index in [2.05, 4.69) is 11.9 Å². The van der Waals surface area contributed by atoms with Crippen molar-refractivity contribution in [3.63, 3.8) is 0 Å². The largest absolute Gasteiger partial charge is 0.323 e. The van der Waals surface area contributed by atoms with Crippen LogP contribution in [0.1, 0.15) is 0 Å². The highest BCUT2D eigenvalue weighted by atomic mass is 16.1. The summed E-state index contributed by atoms with van der Waals surface area (Å²) in [4.78, 5) is 11.1. The van der Waals surface area contributed by atoms with E-state index >= 15 is 0 Å². The molecule has 0 saturated carbocycles. The Bertz CT molecular complexity index is 314. The Balaban J connectivity index is 2.55. The summed E-state index contributed by atoms with van der Waals surface area (Å²) in [6.45, 7) is 3.47. The van der Waals surface area contributed by atoms with Gasteiger partial charge in [-0.05, 0) is 12.1 Å². The SMILES string of the molecule is C=C/C=C/C(=O)Nc1ccccc1. The molecule has 13 heavy (non-hydrogen) atoms. The normalized spacial score (nSPS) is 9.85. The van der Waals surface area contributed by atoms with E-state index in [1.54, 1.807) is 12.2 Å². The predicted octanol–water partition coefficient (Wildman–Crippen LogP) is 2.37. The number of hydrogen-bond donors (Lipinski definition) is 1. The number of hydrogen-bond acceptors (Lipinski definition) is 1. The number of nitrogens with one attached hydrogen (secondary N) is 1. The quantitative estimate of drug-likeness (QED) is 0.551. The second-order valence-electron chi connectivity index (χ2n) is 2.45. The van der Waals surface area contributed by atoms with Crippen LogP contribution in [0.3, 0.4) is 0 Å². The molecule has 0 unspecified atom stereocenters. The first kappa shape index (κ1) is 9.26. The number of para-hydroxylation sites is 1. The third kappa shape index (κ3) is 3.38. The molecule has 1 rings (SSSR count). The third-order valence-electron chi connectivity index (χ3n) is 1.43. The van der Waals surface area contributed by atoms with Crippen LogP contribution in [-0.4, -0.2) is 5.91 Å². The highest BCUT2D eigenvalue weighted by Crippen LogP contribution is 2.04. The van der Waals surface area contributed by atoms with E-state index < -0.39 is 0 Å². The van der Waals surface area contributed by atoms with Gasteiger partial charge in [-0.3, -0.25) is 4.79 Å². The fourth-order valence-corrected chi connectivity index (χ4v) is 0.861. The van der Waals surface area contributed by atoms with Crippen LogP contribution in [0.15, 0.2) is 55.1 Å². The average molecular weight is 173 g/mol. The van der Waals surface area contributed by atoms with Crippen molar-refractivity contribution < 1.29 is 4.79 Å². The van der Waals surface area contributed by atoms with E-state index in [0.717, 1.165) is 5.69 Å². The molecule has 1 N–H and O–H groups in total. The van der Waals surface area contributed by atoms with E-state index in [9.17, 15) is 4.79 Å². The first-order valence-corrected chi connectivity index (χ1v) is 3.98. The lowest BCUT2D eigenvalue weighted by atomic mass is 10.3. The summed E-state index contributed by atoms with van der Waals surface area (Å²) in [6.07, 6.45) is 4.59. The number of amides is 1. The predicted molar refractivity (Wildman–Crippen MR) is 54.4 cm³/mol. The number of rotatable bonds is 3. The Labute approximate surface area is 77.6 Å². The maximum atomic E-state index is 11.1. The molecule has 1 amide bonds. The second-order valence-corrected chi connectivity index (χ2v) is 2.45. The molecule has 0 aliphatic rings. The van der Waals surface area contributed by atoms with Gasteiger partial charge < -0.3 is 5.32 Å². The van der Waals surface area contributed by atoms with Gasteiger partial charge in [0.2, 0.25) is 5.91 Å². The van der Waals surface area contributed by atoms with Crippen molar-refractivity contribution in [1.82, 2.24) is 0 Å². The van der Waals surface area contributed by atoms with Crippen LogP contribution < -0.4 is 5.32 Å². The molecular weight excluding hydrogens is 162 g/mol. The van der Waals surface area contributed by atoms with Gasteiger partial charge in [0.15, 0.2) is 0 Å². The fourth-order valence-electron chi connectivity index (χ4n) is 0.861. The molecule has 0 atom stereocenters. The minimum absolute atomic E-state index is 0.147. The van der Waals surface area contributed by atoms with Crippen LogP contribution in [0.4, 0.5) is 5.69 Å². The van der Waals surface area contributed by atoms with Crippen LogP contribution in [0.2, 0.25) is 0 Å². The summed E-state index contributed by atoms with van der Waals surface area (Å²) in [7, 11) is 0. The summed E-state index contributed by atoms with van der Waals surface area (Å²) in [5.41, 5.74) is 0.793. The van der Waals surface area contributed by atoms with Gasteiger partial charge in [-0.25, -0.2) is 0 Å². The van der Waals surface area contributed by atoms with Gasteiger partial charge in [0.05, 0.1) is 0 Å². The molecule has 0 radical (unpaired) electrons. The summed E-state index contributed by atoms with van der Waals surface area (Å²) < 4.78 is 0. The lowest BCUT2D eigenvalue weighted by Gasteiger charge is -1.99. The maximum Gasteiger partial charge on any atom is 0.248 e. The van der Waals surface area contributed by atoms with Crippen LogP contribution in [0.25, 0.3) is 0 Å². The van der Waals surface area contributed by atoms with Crippen molar-refractivity contribution >= 4 is 11.6 Å². The van der Waals surface area contributed by atoms with Gasteiger partial charge in [-0.15, -0.1) is 0 Å². The molecule has 0 heterocycles. The number of anilines is 1. The molecule has 0 bridgehead atoms. The monoisotopic (exact) mass is 173 g/mol. The number of carbonyl (C=O) groups is 1. The summed E-state index contributed by atoms with van der Waals surface area (Å²) in [5, 5.41) is 2.70. The summed E-state index contributed by atoms with van der Waals surface area (Å²) >= 11 is 0. The van der Waals surface area contributed by atoms with Gasteiger partial charge in [0.1, 0.15) is 0 Å². The number of allylic oxidation sites excluding steroid dienone is 2. The van der Waals surface area contributed by atoms with Gasteiger partial charge in [-0.2, -0.15) is 0 Å². The molecule has 1 aromatic rings. The molecule has 2 nitrogen and oxygen atoms in total. The van der Waals surface area contributed by atoms with Crippen molar-refractivity contribution in [2.24, 2.45) is 0 Å². The van der Waals surface area contributed by atoms with Crippen molar-refractivity contribution in [2.45, 2.75) is 0 Å². The number of carbonyl (C=O) groups excluding carboxylic acids is 1. The zero-order valence-corrected chi connectivity index (χ0v) is 7.23. The minimum atomic E-state index is -0.147. The second kappa shape index (κ2) is 4.93. The molecular formula is C11H11NO. The van der Waals surface area contributed by atoms with Crippen molar-refractivity contribution in [1.29, 1.82) is 0 Å². The van der Waals surface area contributed by atoms with E-state index in [-0.39, 0.29) is 5.91 Å². The first-order valence-electron chi connectivity index (χ1n) is 3.98. The highest BCUT2D eigenvalue weighted by Gasteiger charge is 1.93. The van der Waals surface area contributed by atoms with E-state index in [1.807, 2.05) is 30.3 Å². The number of benzene rings is 1. The van der Waals surface area contributed by atoms with Crippen LogP contribution in [-0.2, 0) is 4.79 Å². The molecule has 0 saturated heterocycles. The fraction of sp³-hybridized carbons (Fsp3) is 0. The average Bonchev–Trinajstić information content (AvgIpc) is 2.16. The molecule has 0 spiro atoms. The smallest absolute Gasteiger partial charge is 0.248 e. The van der Waals surface area contributed by atoms with E-state index in [4.69, 9.17) is 0 Å². The first-order chi connectivity index (χ1) is 6.33. The molecule has 0 aliphatic heterocycles. The van der Waals surface area contributed by atoms with Gasteiger partial charge in [0, 0.05) is 11.8 Å². The summed E-state index contributed by atoms with van der Waals surface area (Å²) in [6, 6.07) is 9.30. The zero-order chi connectivity index (χ0) is 9.52. The molecule has 0 aromatic heterocycles. The van der Waals surface area contributed by atoms with E-state index in [1.165, 1.54) is 6.08 Å². The van der Waals surface area contributed by atoms with Gasteiger partial charge in [0.25, 0.3) is 0 Å². The van der Waals surface area contributed by atoms with Crippen LogP contribution in [0.5, 0.6) is 0 Å². The van der Waals surface area contributed by atoms with Crippen molar-refractivity contribution in [2.75, 3.05) is 5.32 Å². The van der Waals surface area contributed by atoms with Crippen LogP contribution in [0, 0.1) is 0 Å². The molecule has 2 heteroatoms. The lowest BCUT2D eigenvalue weighted by Crippen LogP contribution is -2.07. The Hall–Kier alpha value is -1.83. The van der Waals surface area contributed by atoms with Gasteiger partial charge >= 0.3 is 0 Å². The highest BCUT2D eigenvalue weighted by molar-refractivity contribution is 5.99. The third-order valence-corrected chi connectivity index (χ3v) is 1.43. The maximum absolute atomic E-state index is 11.1. The summed E-state index contributed by atoms with van der Waals surface area (Å²) in [5.74, 6) is -0.147. The molecule has 0 aliphatic carbocycles. The Morgan fingerprint density at radius 1 is 1.31 bits per heavy atom. The standard InChI is InChI=1S/C11H11NO/c1-2-3-9-11(13)12-10-7-5-4-6-8-10/h2-9H,1H2,(H,12,13)/b9-3+. The van der Waals surface area contributed by atoms with E-state index in [0.29, 0.717) is 0 Å². The van der Waals surface area contributed by atoms with Crippen molar-refractivity contribution in [3.8, 4) is 0 Å². The zero-order valence-electron chi connectivity index (χ0n) is 7.23. The Kier molecular flexibility index (Phi) is 3.51. The molecule has 0 fully saturated rings. The Morgan fingerprint density at radius 2 is 2.00 bits per heavy atom. The lowest BCUT2D eigenvalue weighted by molar-refractivity contribution is -0.111.